The largest absolute Gasteiger partial charge is 0.476 e. The molecule has 6 nitrogen and oxygen atoms in total. The fourth-order valence-corrected chi connectivity index (χ4v) is 4.19. The molecule has 1 fully saturated rings. The van der Waals surface area contributed by atoms with Crippen molar-refractivity contribution in [2.75, 3.05) is 19.6 Å². The van der Waals surface area contributed by atoms with Crippen LogP contribution in [-0.2, 0) is 19.6 Å². The average Bonchev–Trinajstić information content (AvgIpc) is 2.96. The van der Waals surface area contributed by atoms with Crippen LogP contribution in [-0.4, -0.2) is 56.3 Å². The van der Waals surface area contributed by atoms with Crippen molar-refractivity contribution in [3.63, 3.8) is 0 Å². The van der Waals surface area contributed by atoms with E-state index in [9.17, 15) is 9.90 Å². The van der Waals surface area contributed by atoms with Gasteiger partial charge < -0.3 is 5.11 Å². The van der Waals surface area contributed by atoms with Crippen molar-refractivity contribution in [3.8, 4) is 0 Å². The number of rotatable bonds is 4. The molecular weight excluding hydrogens is 328 g/mol. The minimum Gasteiger partial charge on any atom is -0.476 e. The van der Waals surface area contributed by atoms with Crippen LogP contribution in [0.15, 0.2) is 36.4 Å². The number of aromatic nitrogens is 2. The summed E-state index contributed by atoms with van der Waals surface area (Å²) in [7, 11) is 0. The molecule has 1 N–H and O–H groups in total. The second-order valence-corrected chi connectivity index (χ2v) is 7.37. The van der Waals surface area contributed by atoms with Crippen LogP contribution in [0.1, 0.15) is 41.0 Å². The van der Waals surface area contributed by atoms with E-state index in [1.165, 1.54) is 18.4 Å². The van der Waals surface area contributed by atoms with E-state index in [1.54, 1.807) is 6.07 Å². The molecule has 1 aromatic carbocycles. The molecule has 0 unspecified atom stereocenters. The summed E-state index contributed by atoms with van der Waals surface area (Å²) in [5, 5.41) is 13.4. The number of fused-ring (bicyclic) bond motifs is 1. The van der Waals surface area contributed by atoms with E-state index in [0.717, 1.165) is 51.4 Å². The van der Waals surface area contributed by atoms with Crippen molar-refractivity contribution in [2.24, 2.45) is 0 Å². The van der Waals surface area contributed by atoms with Crippen LogP contribution in [0, 0.1) is 0 Å². The summed E-state index contributed by atoms with van der Waals surface area (Å²) in [6.45, 7) is 5.96. The van der Waals surface area contributed by atoms with Crippen molar-refractivity contribution < 1.29 is 9.90 Å². The van der Waals surface area contributed by atoms with Crippen LogP contribution in [0.25, 0.3) is 0 Å². The lowest BCUT2D eigenvalue weighted by Gasteiger charge is -2.38. The lowest BCUT2D eigenvalue weighted by molar-refractivity contribution is 0.0689. The van der Waals surface area contributed by atoms with E-state index < -0.39 is 5.97 Å². The maximum atomic E-state index is 11.2. The molecule has 0 amide bonds. The number of nitrogens with zero attached hydrogens (tertiary/aromatic N) is 4. The first kappa shape index (κ1) is 17.2. The zero-order valence-electron chi connectivity index (χ0n) is 15.0. The highest BCUT2D eigenvalue weighted by Gasteiger charge is 2.27. The van der Waals surface area contributed by atoms with E-state index in [1.807, 2.05) is 4.68 Å². The number of hydrogen-bond donors (Lipinski definition) is 1. The molecule has 1 saturated heterocycles. The van der Waals surface area contributed by atoms with E-state index in [2.05, 4.69) is 45.2 Å². The molecule has 2 aliphatic rings. The molecule has 26 heavy (non-hydrogen) atoms. The summed E-state index contributed by atoms with van der Waals surface area (Å²) in [5.74, 6) is -0.939. The Morgan fingerprint density at radius 1 is 1.12 bits per heavy atom. The third kappa shape index (κ3) is 3.81. The number of benzene rings is 1. The minimum atomic E-state index is -0.939. The second-order valence-electron chi connectivity index (χ2n) is 7.37. The van der Waals surface area contributed by atoms with Crippen molar-refractivity contribution in [3.05, 3.63) is 53.3 Å². The fourth-order valence-electron chi connectivity index (χ4n) is 4.19. The summed E-state index contributed by atoms with van der Waals surface area (Å²) >= 11 is 0. The van der Waals surface area contributed by atoms with Gasteiger partial charge in [0.2, 0.25) is 0 Å². The summed E-state index contributed by atoms with van der Waals surface area (Å²) in [4.78, 5) is 16.3. The highest BCUT2D eigenvalue weighted by atomic mass is 16.4. The first-order chi connectivity index (χ1) is 12.7. The van der Waals surface area contributed by atoms with Gasteiger partial charge in [-0.1, -0.05) is 30.3 Å². The van der Waals surface area contributed by atoms with Gasteiger partial charge in [0.05, 0.1) is 5.69 Å². The Kier molecular flexibility index (Phi) is 5.04. The van der Waals surface area contributed by atoms with Crippen molar-refractivity contribution in [1.82, 2.24) is 19.6 Å². The molecule has 0 atom stereocenters. The minimum absolute atomic E-state index is 0.166. The van der Waals surface area contributed by atoms with Gasteiger partial charge >= 0.3 is 5.97 Å². The molecule has 2 aliphatic heterocycles. The zero-order chi connectivity index (χ0) is 17.9. The van der Waals surface area contributed by atoms with E-state index >= 15 is 0 Å². The number of carboxylic acids is 1. The smallest absolute Gasteiger partial charge is 0.356 e. The van der Waals surface area contributed by atoms with Gasteiger partial charge in [0.15, 0.2) is 5.69 Å². The van der Waals surface area contributed by atoms with Gasteiger partial charge in [-0.3, -0.25) is 14.5 Å². The van der Waals surface area contributed by atoms with Crippen molar-refractivity contribution in [1.29, 1.82) is 0 Å². The van der Waals surface area contributed by atoms with Crippen molar-refractivity contribution in [2.45, 2.75) is 44.9 Å². The van der Waals surface area contributed by atoms with Crippen LogP contribution in [0.4, 0.5) is 0 Å². The Labute approximate surface area is 154 Å². The predicted molar refractivity (Wildman–Crippen MR) is 99.0 cm³/mol. The Morgan fingerprint density at radius 3 is 2.62 bits per heavy atom. The molecule has 0 radical (unpaired) electrons. The Hall–Kier alpha value is -2.18. The number of carboxylic acid groups (broad SMARTS) is 1. The summed E-state index contributed by atoms with van der Waals surface area (Å²) in [6, 6.07) is 13.0. The highest BCUT2D eigenvalue weighted by molar-refractivity contribution is 5.85. The summed E-state index contributed by atoms with van der Waals surface area (Å²) < 4.78 is 1.88. The van der Waals surface area contributed by atoms with E-state index in [4.69, 9.17) is 0 Å². The third-order valence-electron chi connectivity index (χ3n) is 5.59. The summed E-state index contributed by atoms with van der Waals surface area (Å²) in [5.41, 5.74) is 2.58. The SMILES string of the molecule is O=C(O)c1cc2n(n1)CCCN(C1CCN(Cc3ccccc3)CC1)C2. The number of hydrogen-bond acceptors (Lipinski definition) is 4. The maximum absolute atomic E-state index is 11.2. The lowest BCUT2D eigenvalue weighted by atomic mass is 10.0. The predicted octanol–water partition coefficient (Wildman–Crippen LogP) is 2.45. The molecule has 138 valence electrons. The topological polar surface area (TPSA) is 61.6 Å². The second kappa shape index (κ2) is 7.60. The zero-order valence-corrected chi connectivity index (χ0v) is 15.0. The van der Waals surface area contributed by atoms with E-state index in [0.29, 0.717) is 6.04 Å². The monoisotopic (exact) mass is 354 g/mol. The molecule has 2 aromatic rings. The molecular formula is C20H26N4O2. The standard InChI is InChI=1S/C20H26N4O2/c25-20(26)19-13-18-15-23(9-4-10-24(18)21-19)17-7-11-22(12-8-17)14-16-5-2-1-3-6-16/h1-3,5-6,13,17H,4,7-12,14-15H2,(H,25,26). The van der Waals surface area contributed by atoms with Gasteiger partial charge in [-0.25, -0.2) is 4.79 Å². The lowest BCUT2D eigenvalue weighted by Crippen LogP contribution is -2.44. The molecule has 0 saturated carbocycles. The first-order valence-corrected chi connectivity index (χ1v) is 9.49. The molecule has 0 aliphatic carbocycles. The van der Waals surface area contributed by atoms with Gasteiger partial charge in [-0.2, -0.15) is 5.10 Å². The number of piperidine rings is 1. The normalized spacial score (nSPS) is 19.8. The molecule has 0 bridgehead atoms. The van der Waals surface area contributed by atoms with Crippen LogP contribution < -0.4 is 0 Å². The van der Waals surface area contributed by atoms with Crippen LogP contribution in [0.5, 0.6) is 0 Å². The van der Waals surface area contributed by atoms with Gasteiger partial charge in [0, 0.05) is 32.2 Å². The highest BCUT2D eigenvalue weighted by Crippen LogP contribution is 2.23. The van der Waals surface area contributed by atoms with Gasteiger partial charge in [0.1, 0.15) is 0 Å². The quantitative estimate of drug-likeness (QED) is 0.914. The Balaban J connectivity index is 1.35. The Bertz CT molecular complexity index is 750. The third-order valence-corrected chi connectivity index (χ3v) is 5.59. The number of aryl methyl sites for hydroxylation is 1. The fraction of sp³-hybridized carbons (Fsp3) is 0.500. The van der Waals surface area contributed by atoms with Crippen LogP contribution in [0.3, 0.4) is 0 Å². The first-order valence-electron chi connectivity index (χ1n) is 9.49. The van der Waals surface area contributed by atoms with Gasteiger partial charge in [-0.05, 0) is 44.0 Å². The molecule has 6 heteroatoms. The number of aromatic carboxylic acids is 1. The molecule has 0 spiro atoms. The van der Waals surface area contributed by atoms with Gasteiger partial charge in [0.25, 0.3) is 0 Å². The molecule has 4 rings (SSSR count). The maximum Gasteiger partial charge on any atom is 0.356 e. The van der Waals surface area contributed by atoms with Crippen molar-refractivity contribution >= 4 is 5.97 Å². The van der Waals surface area contributed by atoms with E-state index in [-0.39, 0.29) is 5.69 Å². The molecule has 3 heterocycles. The number of likely N-dealkylation sites (tertiary alicyclic amines) is 1. The van der Waals surface area contributed by atoms with Gasteiger partial charge in [-0.15, -0.1) is 0 Å². The average molecular weight is 354 g/mol. The molecule has 1 aromatic heterocycles. The van der Waals surface area contributed by atoms with Crippen LogP contribution in [0.2, 0.25) is 0 Å². The Morgan fingerprint density at radius 2 is 1.88 bits per heavy atom. The van der Waals surface area contributed by atoms with Crippen LogP contribution >= 0.6 is 0 Å². The number of carbonyl (C=O) groups is 1. The summed E-state index contributed by atoms with van der Waals surface area (Å²) in [6.07, 6.45) is 3.37.